The molecule has 0 fully saturated rings. The fourth-order valence-corrected chi connectivity index (χ4v) is 2.00. The van der Waals surface area contributed by atoms with Gasteiger partial charge in [0.1, 0.15) is 0 Å². The summed E-state index contributed by atoms with van der Waals surface area (Å²) in [6, 6.07) is 0. The SMILES string of the molecule is COP(=O)(OC)OP(=O)(O)O. The fourth-order valence-electron chi connectivity index (χ4n) is 0.271. The van der Waals surface area contributed by atoms with Crippen LogP contribution in [-0.2, 0) is 22.5 Å². The van der Waals surface area contributed by atoms with Crippen molar-refractivity contribution in [1.82, 2.24) is 0 Å². The summed E-state index contributed by atoms with van der Waals surface area (Å²) in [7, 11) is -7.01. The van der Waals surface area contributed by atoms with Crippen LogP contribution in [0.5, 0.6) is 0 Å². The Morgan fingerprint density at radius 2 is 1.45 bits per heavy atom. The van der Waals surface area contributed by atoms with E-state index >= 15 is 0 Å². The van der Waals surface area contributed by atoms with Gasteiger partial charge in [0.2, 0.25) is 0 Å². The molecule has 0 spiro atoms. The Hall–Kier alpha value is 0.260. The summed E-state index contributed by atoms with van der Waals surface area (Å²) in [4.78, 5) is 16.3. The number of phosphoric acid groups is 2. The molecule has 0 aliphatic carbocycles. The predicted octanol–water partition coefficient (Wildman–Crippen LogP) is 0.497. The zero-order valence-corrected chi connectivity index (χ0v) is 7.62. The summed E-state index contributed by atoms with van der Waals surface area (Å²) in [5.74, 6) is 0. The first-order chi connectivity index (χ1) is 4.83. The van der Waals surface area contributed by atoms with Crippen molar-refractivity contribution in [3.63, 3.8) is 0 Å². The lowest BCUT2D eigenvalue weighted by atomic mass is 11.8. The van der Waals surface area contributed by atoms with E-state index in [0.29, 0.717) is 0 Å². The second kappa shape index (κ2) is 3.78. The summed E-state index contributed by atoms with van der Waals surface area (Å²) >= 11 is 0. The molecule has 9 heteroatoms. The Morgan fingerprint density at radius 1 is 1.09 bits per heavy atom. The molecule has 0 radical (unpaired) electrons. The average molecular weight is 206 g/mol. The molecule has 0 unspecified atom stereocenters. The molecule has 0 aromatic heterocycles. The van der Waals surface area contributed by atoms with Crippen LogP contribution in [0.3, 0.4) is 0 Å². The van der Waals surface area contributed by atoms with Crippen LogP contribution >= 0.6 is 15.6 Å². The van der Waals surface area contributed by atoms with Crippen molar-refractivity contribution < 1.29 is 32.3 Å². The highest BCUT2D eigenvalue weighted by Crippen LogP contribution is 2.59. The molecule has 11 heavy (non-hydrogen) atoms. The molecule has 0 heterocycles. The second-order valence-electron chi connectivity index (χ2n) is 1.38. The first-order valence-corrected chi connectivity index (χ1v) is 5.30. The third kappa shape index (κ3) is 4.66. The summed E-state index contributed by atoms with van der Waals surface area (Å²) in [6.07, 6.45) is 0. The summed E-state index contributed by atoms with van der Waals surface area (Å²) in [5.41, 5.74) is 0. The normalized spacial score (nSPS) is 13.5. The van der Waals surface area contributed by atoms with Gasteiger partial charge in [0.05, 0.1) is 0 Å². The van der Waals surface area contributed by atoms with E-state index in [0.717, 1.165) is 14.2 Å². The molecule has 0 saturated carbocycles. The third-order valence-electron chi connectivity index (χ3n) is 0.654. The van der Waals surface area contributed by atoms with Crippen molar-refractivity contribution in [3.05, 3.63) is 0 Å². The van der Waals surface area contributed by atoms with Crippen LogP contribution in [0, 0.1) is 0 Å². The molecule has 0 aliphatic rings. The Morgan fingerprint density at radius 3 is 1.55 bits per heavy atom. The van der Waals surface area contributed by atoms with Gasteiger partial charge in [-0.15, -0.1) is 0 Å². The topological polar surface area (TPSA) is 102 Å². The van der Waals surface area contributed by atoms with Crippen LogP contribution in [0.4, 0.5) is 0 Å². The first-order valence-electron chi connectivity index (χ1n) is 2.31. The van der Waals surface area contributed by atoms with E-state index in [2.05, 4.69) is 13.4 Å². The van der Waals surface area contributed by atoms with Crippen molar-refractivity contribution in [2.24, 2.45) is 0 Å². The van der Waals surface area contributed by atoms with E-state index < -0.39 is 15.6 Å². The van der Waals surface area contributed by atoms with E-state index in [-0.39, 0.29) is 0 Å². The van der Waals surface area contributed by atoms with E-state index in [1.807, 2.05) is 0 Å². The molecule has 0 saturated heterocycles. The van der Waals surface area contributed by atoms with Crippen molar-refractivity contribution in [2.75, 3.05) is 14.2 Å². The van der Waals surface area contributed by atoms with Crippen LogP contribution < -0.4 is 0 Å². The van der Waals surface area contributed by atoms with E-state index in [4.69, 9.17) is 9.79 Å². The third-order valence-corrected chi connectivity index (χ3v) is 3.20. The molecular weight excluding hydrogens is 198 g/mol. The van der Waals surface area contributed by atoms with Gasteiger partial charge < -0.3 is 9.79 Å². The lowest BCUT2D eigenvalue weighted by Gasteiger charge is -2.12. The Labute approximate surface area is 63.1 Å². The minimum Gasteiger partial charge on any atom is -0.302 e. The molecule has 0 rings (SSSR count). The molecule has 2 N–H and O–H groups in total. The van der Waals surface area contributed by atoms with Gasteiger partial charge in [-0.2, -0.15) is 4.31 Å². The van der Waals surface area contributed by atoms with Gasteiger partial charge in [0.25, 0.3) is 0 Å². The van der Waals surface area contributed by atoms with Gasteiger partial charge in [-0.25, -0.2) is 9.13 Å². The number of hydrogen-bond acceptors (Lipinski definition) is 5. The smallest absolute Gasteiger partial charge is 0.302 e. The Bertz CT molecular complexity index is 196. The van der Waals surface area contributed by atoms with Crippen LogP contribution in [0.2, 0.25) is 0 Å². The monoisotopic (exact) mass is 206 g/mol. The average Bonchev–Trinajstić information content (AvgIpc) is 1.84. The maximum absolute atomic E-state index is 10.8. The second-order valence-corrected chi connectivity index (χ2v) is 4.64. The van der Waals surface area contributed by atoms with Gasteiger partial charge in [-0.05, 0) is 0 Å². The van der Waals surface area contributed by atoms with E-state index in [1.165, 1.54) is 0 Å². The lowest BCUT2D eigenvalue weighted by molar-refractivity contribution is 0.182. The van der Waals surface area contributed by atoms with Crippen LogP contribution in [0.25, 0.3) is 0 Å². The quantitative estimate of drug-likeness (QED) is 0.645. The predicted molar refractivity (Wildman–Crippen MR) is 34.8 cm³/mol. The van der Waals surface area contributed by atoms with Gasteiger partial charge in [-0.3, -0.25) is 9.05 Å². The van der Waals surface area contributed by atoms with Crippen molar-refractivity contribution in [1.29, 1.82) is 0 Å². The highest BCUT2D eigenvalue weighted by atomic mass is 31.3. The first kappa shape index (κ1) is 11.3. The van der Waals surface area contributed by atoms with Gasteiger partial charge >= 0.3 is 15.6 Å². The molecule has 68 valence electrons. The largest absolute Gasteiger partial charge is 0.483 e. The zero-order chi connectivity index (χ0) is 9.12. The van der Waals surface area contributed by atoms with Crippen LogP contribution in [-0.4, -0.2) is 24.0 Å². The molecule has 0 amide bonds. The zero-order valence-electron chi connectivity index (χ0n) is 5.83. The Kier molecular flexibility index (Phi) is 3.87. The molecule has 0 atom stereocenters. The summed E-state index contributed by atoms with van der Waals surface area (Å²) < 4.78 is 32.8. The van der Waals surface area contributed by atoms with Gasteiger partial charge in [0.15, 0.2) is 0 Å². The summed E-state index contributed by atoms with van der Waals surface area (Å²) in [6.45, 7) is 0. The van der Waals surface area contributed by atoms with Crippen molar-refractivity contribution in [3.8, 4) is 0 Å². The number of hydrogen-bond donors (Lipinski definition) is 2. The minimum absolute atomic E-state index is 0.944. The van der Waals surface area contributed by atoms with E-state index in [9.17, 15) is 9.13 Å². The van der Waals surface area contributed by atoms with E-state index in [1.54, 1.807) is 0 Å². The highest BCUT2D eigenvalue weighted by Gasteiger charge is 2.33. The number of phosphoric ester groups is 1. The van der Waals surface area contributed by atoms with Crippen molar-refractivity contribution in [2.45, 2.75) is 0 Å². The number of rotatable bonds is 4. The molecule has 0 bridgehead atoms. The summed E-state index contributed by atoms with van der Waals surface area (Å²) in [5, 5.41) is 0. The minimum atomic E-state index is -4.83. The molecule has 0 aromatic rings. The maximum atomic E-state index is 10.8. The molecular formula is C2H8O7P2. The fraction of sp³-hybridized carbons (Fsp3) is 1.00. The van der Waals surface area contributed by atoms with Gasteiger partial charge in [-0.1, -0.05) is 0 Å². The van der Waals surface area contributed by atoms with Crippen LogP contribution in [0.1, 0.15) is 0 Å². The molecule has 0 aliphatic heterocycles. The van der Waals surface area contributed by atoms with Crippen LogP contribution in [0.15, 0.2) is 0 Å². The lowest BCUT2D eigenvalue weighted by Crippen LogP contribution is -1.92. The van der Waals surface area contributed by atoms with Gasteiger partial charge in [0, 0.05) is 14.2 Å². The standard InChI is InChI=1S/C2H8O7P2/c1-7-11(6,8-2)9-10(3,4)5/h1-2H3,(H2,3,4,5). The molecule has 7 nitrogen and oxygen atoms in total. The Balaban J connectivity index is 4.34. The molecule has 0 aromatic carbocycles. The van der Waals surface area contributed by atoms with Crippen molar-refractivity contribution >= 4 is 15.6 Å². The maximum Gasteiger partial charge on any atom is 0.483 e. The highest BCUT2D eigenvalue weighted by molar-refractivity contribution is 7.61.